The van der Waals surface area contributed by atoms with E-state index in [1.165, 1.54) is 17.9 Å². The smallest absolute Gasteiger partial charge is 0.437 e. The van der Waals surface area contributed by atoms with E-state index in [1.54, 1.807) is 0 Å². The van der Waals surface area contributed by atoms with Gasteiger partial charge in [0, 0.05) is 112 Å². The summed E-state index contributed by atoms with van der Waals surface area (Å²) in [5.74, 6) is 1.71. The average Bonchev–Trinajstić information content (AvgIpc) is 1.57. The van der Waals surface area contributed by atoms with Crippen LogP contribution < -0.4 is 0 Å². The van der Waals surface area contributed by atoms with E-state index >= 15 is 17.3 Å². The first-order chi connectivity index (χ1) is 47.3. The Bertz CT molecular complexity index is 5870. The van der Waals surface area contributed by atoms with Crippen molar-refractivity contribution >= 4 is 144 Å². The van der Waals surface area contributed by atoms with Crippen molar-refractivity contribution in [2.75, 3.05) is 0 Å². The lowest BCUT2D eigenvalue weighted by atomic mass is 9.79. The van der Waals surface area contributed by atoms with Gasteiger partial charge in [0.25, 0.3) is 0 Å². The highest BCUT2D eigenvalue weighted by molar-refractivity contribution is 6.67. The summed E-state index contributed by atoms with van der Waals surface area (Å²) in [6.45, 7) is 11.9. The zero-order valence-electron chi connectivity index (χ0n) is 56.2. The molecule has 10 heteroatoms. The van der Waals surface area contributed by atoms with Gasteiger partial charge in [-0.1, -0.05) is 146 Å². The Labute approximate surface area is 564 Å². The Morgan fingerprint density at radius 2 is 0.449 bits per heavy atom. The quantitative estimate of drug-likeness (QED) is 0.0711. The SMILES string of the molecule is Cc1cc(C)c([C+]2c3cc4c5c(ccc6ccccc65)cc(C)c4n3[B-](F)(F)n3c2cc2c4c(ccc5ccccc54)cc(C)c23)c(C)c1.Cc1cc(C)c([C+]2c3cc4c5c(ccc6ccccc65)cc(C)c4n3[B-](F)(F)n3c2cc2c4c(ccc5ccccc54)cc(C)c23)c(C)c1. The fraction of sp³-hybridized carbons (Fsp3) is 0.114. The molecule has 0 radical (unpaired) electrons. The molecule has 472 valence electrons. The van der Waals surface area contributed by atoms with E-state index < -0.39 is 13.9 Å². The number of aryl methyl sites for hydroxylation is 10. The van der Waals surface area contributed by atoms with Gasteiger partial charge in [0.2, 0.25) is 0 Å². The summed E-state index contributed by atoms with van der Waals surface area (Å²) in [4.78, 5) is 0. The van der Waals surface area contributed by atoms with Crippen LogP contribution in [-0.4, -0.2) is 31.9 Å². The van der Waals surface area contributed by atoms with E-state index in [4.69, 9.17) is 0 Å². The fourth-order valence-electron chi connectivity index (χ4n) is 18.7. The number of halogens is 4. The molecular formula is C88H66B2F4N4. The number of benzene rings is 14. The predicted octanol–water partition coefficient (Wildman–Crippen LogP) is 23.7. The second kappa shape index (κ2) is 20.2. The molecule has 0 N–H and O–H groups in total. The molecule has 0 amide bonds. The highest BCUT2D eigenvalue weighted by Crippen LogP contribution is 2.53. The van der Waals surface area contributed by atoms with Gasteiger partial charge < -0.3 is 35.2 Å². The maximum atomic E-state index is 18.0. The van der Waals surface area contributed by atoms with Crippen LogP contribution in [0.15, 0.2) is 218 Å². The van der Waals surface area contributed by atoms with E-state index in [0.717, 1.165) is 186 Å². The van der Waals surface area contributed by atoms with Gasteiger partial charge in [0.1, 0.15) is 11.8 Å². The van der Waals surface area contributed by atoms with Crippen molar-refractivity contribution < 1.29 is 17.3 Å². The van der Waals surface area contributed by atoms with Crippen LogP contribution in [0.3, 0.4) is 0 Å². The fourth-order valence-corrected chi connectivity index (χ4v) is 18.7. The highest BCUT2D eigenvalue weighted by Gasteiger charge is 2.50. The topological polar surface area (TPSA) is 19.7 Å². The molecule has 0 unspecified atom stereocenters. The number of nitrogens with zero attached hydrogens (tertiary/aromatic N) is 4. The van der Waals surface area contributed by atoms with Gasteiger partial charge in [-0.05, 0) is 216 Å². The Hall–Kier alpha value is -11.1. The Balaban J connectivity index is 0.000000137. The summed E-state index contributed by atoms with van der Waals surface area (Å²) in [6, 6.07) is 75.4. The molecule has 0 fully saturated rings. The highest BCUT2D eigenvalue weighted by atomic mass is 19.3. The second-order valence-corrected chi connectivity index (χ2v) is 28.4. The molecule has 4 aromatic heterocycles. The van der Waals surface area contributed by atoms with E-state index in [1.807, 2.05) is 76.2 Å². The summed E-state index contributed by atoms with van der Waals surface area (Å²) in [6.07, 6.45) is 0. The summed E-state index contributed by atoms with van der Waals surface area (Å²) >= 11 is 0. The summed E-state index contributed by atoms with van der Waals surface area (Å²) in [5, 5.41) is 20.5. The van der Waals surface area contributed by atoms with Crippen molar-refractivity contribution in [3.63, 3.8) is 0 Å². The zero-order valence-corrected chi connectivity index (χ0v) is 56.2. The molecule has 0 spiro atoms. The number of hydrogen-bond acceptors (Lipinski definition) is 0. The van der Waals surface area contributed by atoms with Gasteiger partial charge >= 0.3 is 13.9 Å². The lowest BCUT2D eigenvalue weighted by molar-refractivity contribution is 0.529. The first-order valence-corrected chi connectivity index (χ1v) is 34.1. The van der Waals surface area contributed by atoms with Crippen molar-refractivity contribution in [2.24, 2.45) is 0 Å². The maximum Gasteiger partial charge on any atom is 0.535 e. The second-order valence-electron chi connectivity index (χ2n) is 28.4. The van der Waals surface area contributed by atoms with Crippen molar-refractivity contribution in [3.8, 4) is 0 Å². The first kappa shape index (κ1) is 58.3. The van der Waals surface area contributed by atoms with Gasteiger partial charge in [-0.3, -0.25) is 0 Å². The normalized spacial score (nSPS) is 14.1. The van der Waals surface area contributed by atoms with Crippen molar-refractivity contribution in [3.05, 3.63) is 320 Å². The molecule has 14 aromatic carbocycles. The molecule has 2 aliphatic heterocycles. The molecule has 0 saturated heterocycles. The minimum absolute atomic E-state index is 0.570. The van der Waals surface area contributed by atoms with E-state index in [0.29, 0.717) is 44.8 Å². The van der Waals surface area contributed by atoms with E-state index in [2.05, 4.69) is 211 Å². The standard InChI is InChI=1S/2C44H33BF2N2/c2*1-24-18-25(2)39(26(3)19-24)42-37-22-35-40-31(16-14-29-10-6-8-12-33(29)40)20-27(4)43(35)48(37)45(46,47)49-38(42)23-36-41-32(21-28(5)44(36)49)17-15-30-11-7-9-13-34(30)41/h2*6-23H,1-5H3. The molecule has 0 atom stereocenters. The summed E-state index contributed by atoms with van der Waals surface area (Å²) < 4.78 is 77.7. The van der Waals surface area contributed by atoms with E-state index in [9.17, 15) is 0 Å². The Kier molecular flexibility index (Phi) is 12.0. The van der Waals surface area contributed by atoms with Crippen molar-refractivity contribution in [1.29, 1.82) is 0 Å². The lowest BCUT2D eigenvalue weighted by Crippen LogP contribution is -2.49. The van der Waals surface area contributed by atoms with E-state index in [-0.39, 0.29) is 0 Å². The van der Waals surface area contributed by atoms with Gasteiger partial charge in [0.05, 0.1) is 33.9 Å². The van der Waals surface area contributed by atoms with Crippen LogP contribution in [0.4, 0.5) is 17.3 Å². The monoisotopic (exact) mass is 1280 g/mol. The van der Waals surface area contributed by atoms with Crippen LogP contribution >= 0.6 is 0 Å². The summed E-state index contributed by atoms with van der Waals surface area (Å²) in [7, 11) is 0. The number of aromatic nitrogens is 4. The third-order valence-corrected chi connectivity index (χ3v) is 22.2. The molecule has 2 aliphatic rings. The first-order valence-electron chi connectivity index (χ1n) is 34.1. The zero-order chi connectivity index (χ0) is 67.0. The predicted molar refractivity (Wildman–Crippen MR) is 407 cm³/mol. The minimum Gasteiger partial charge on any atom is -0.437 e. The maximum absolute atomic E-state index is 18.0. The molecular weight excluding hydrogens is 1210 g/mol. The molecule has 20 rings (SSSR count). The van der Waals surface area contributed by atoms with Crippen molar-refractivity contribution in [1.82, 2.24) is 17.9 Å². The van der Waals surface area contributed by atoms with Crippen LogP contribution in [0.1, 0.15) is 89.5 Å². The van der Waals surface area contributed by atoms with Gasteiger partial charge in [-0.25, -0.2) is 0 Å². The Morgan fingerprint density at radius 3 is 0.684 bits per heavy atom. The molecule has 98 heavy (non-hydrogen) atoms. The molecule has 18 aromatic rings. The van der Waals surface area contributed by atoms with Gasteiger partial charge in [0.15, 0.2) is 0 Å². The summed E-state index contributed by atoms with van der Waals surface area (Å²) in [5.41, 5.74) is 16.7. The molecule has 6 heterocycles. The third kappa shape index (κ3) is 7.80. The third-order valence-electron chi connectivity index (χ3n) is 22.2. The van der Waals surface area contributed by atoms with Crippen LogP contribution in [0, 0.1) is 81.1 Å². The van der Waals surface area contributed by atoms with Crippen LogP contribution in [0.25, 0.3) is 130 Å². The van der Waals surface area contributed by atoms with Crippen LogP contribution in [-0.2, 0) is 0 Å². The molecule has 0 saturated carbocycles. The Morgan fingerprint density at radius 1 is 0.235 bits per heavy atom. The van der Waals surface area contributed by atoms with Crippen molar-refractivity contribution in [2.45, 2.75) is 69.2 Å². The van der Waals surface area contributed by atoms with Gasteiger partial charge in [-0.15, -0.1) is 0 Å². The average molecular weight is 1280 g/mol. The minimum atomic E-state index is -4.31. The number of hydrogen-bond donors (Lipinski definition) is 0. The number of rotatable bonds is 2. The molecule has 0 bridgehead atoms. The van der Waals surface area contributed by atoms with Crippen LogP contribution in [0.2, 0.25) is 0 Å². The largest absolute Gasteiger partial charge is 0.535 e. The molecule has 4 nitrogen and oxygen atoms in total. The van der Waals surface area contributed by atoms with Gasteiger partial charge in [-0.2, -0.15) is 0 Å². The van der Waals surface area contributed by atoms with Crippen LogP contribution in [0.5, 0.6) is 0 Å². The molecule has 0 aliphatic carbocycles. The number of fused-ring (bicyclic) bond motifs is 28. The lowest BCUT2D eigenvalue weighted by Gasteiger charge is -2.40.